The molecule has 0 spiro atoms. The van der Waals surface area contributed by atoms with E-state index in [0.717, 1.165) is 60.7 Å². The maximum absolute atomic E-state index is 9.58. The molecule has 0 amide bonds. The summed E-state index contributed by atoms with van der Waals surface area (Å²) in [5.74, 6) is 0. The first-order chi connectivity index (χ1) is 17.6. The van der Waals surface area contributed by atoms with Crippen LogP contribution < -0.4 is 0 Å². The monoisotopic (exact) mass is 628 g/mol. The molecule has 1 saturated heterocycles. The summed E-state index contributed by atoms with van der Waals surface area (Å²) < 4.78 is 22.6. The lowest BCUT2D eigenvalue weighted by Crippen LogP contribution is -2.31. The lowest BCUT2D eigenvalue weighted by atomic mass is 10.2. The Hall–Kier alpha value is -1.20. The first-order valence-corrected chi connectivity index (χ1v) is 14.8. The van der Waals surface area contributed by atoms with Crippen molar-refractivity contribution < 1.29 is 19.3 Å². The molecule has 4 heterocycles. The van der Waals surface area contributed by atoms with Crippen LogP contribution in [0.25, 0.3) is 0 Å². The molecule has 1 N–H and O–H groups in total. The van der Waals surface area contributed by atoms with Gasteiger partial charge in [0.05, 0.1) is 58.5 Å². The summed E-state index contributed by atoms with van der Waals surface area (Å²) in [6.45, 7) is 1.76. The smallest absolute Gasteiger partial charge is 0.158 e. The molecule has 0 aromatic carbocycles. The van der Waals surface area contributed by atoms with Crippen LogP contribution >= 0.6 is 31.9 Å². The summed E-state index contributed by atoms with van der Waals surface area (Å²) in [7, 11) is 0. The van der Waals surface area contributed by atoms with E-state index in [1.807, 2.05) is 34.0 Å². The highest BCUT2D eigenvalue weighted by Gasteiger charge is 2.33. The highest BCUT2D eigenvalue weighted by atomic mass is 79.9. The molecule has 0 radical (unpaired) electrons. The molecule has 6 rings (SSSR count). The molecule has 3 fully saturated rings. The quantitative estimate of drug-likeness (QED) is 0.426. The van der Waals surface area contributed by atoms with Crippen molar-refractivity contribution in [3.05, 3.63) is 46.1 Å². The van der Waals surface area contributed by atoms with E-state index < -0.39 is 0 Å². The van der Waals surface area contributed by atoms with E-state index in [4.69, 9.17) is 14.2 Å². The van der Waals surface area contributed by atoms with Gasteiger partial charge in [0.2, 0.25) is 0 Å². The first-order valence-electron chi connectivity index (χ1n) is 13.2. The van der Waals surface area contributed by atoms with Crippen LogP contribution in [0.3, 0.4) is 0 Å². The number of ether oxygens (including phenoxy) is 3. The standard InChI is InChI=1S/C13H19BrN2O2.C8H11BrN2O.C5H8O/c14-10-8-15-16(9-10)11-4-3-5-12(11)18-13-6-1-2-7-17-13;9-6-4-10-11(5-6)7-2-1-3-8(7)12;1-2-4-6-5-3-1/h8-9,11-13H,1-7H2;4-5,7-8,12H,1-3H2;2,4H,1,3,5H2. The summed E-state index contributed by atoms with van der Waals surface area (Å²) in [5, 5.41) is 18.1. The first kappa shape index (κ1) is 27.8. The molecule has 0 bridgehead atoms. The fourth-order valence-corrected chi connectivity index (χ4v) is 5.69. The Labute approximate surface area is 230 Å². The summed E-state index contributed by atoms with van der Waals surface area (Å²) >= 11 is 6.78. The van der Waals surface area contributed by atoms with E-state index in [9.17, 15) is 5.11 Å². The van der Waals surface area contributed by atoms with Crippen LogP contribution in [-0.4, -0.2) is 56.4 Å². The number of aliphatic hydroxyl groups is 1. The van der Waals surface area contributed by atoms with Gasteiger partial charge in [-0.2, -0.15) is 10.2 Å². The van der Waals surface area contributed by atoms with Gasteiger partial charge < -0.3 is 19.3 Å². The summed E-state index contributed by atoms with van der Waals surface area (Å²) in [4.78, 5) is 0. The van der Waals surface area contributed by atoms with Gasteiger partial charge in [-0.15, -0.1) is 0 Å². The SMILES string of the molecule is Brc1cnn(C2CCCC2OC2CCCCO2)c1.C1=COCCC1.OC1CCCC1n1cc(Br)cn1. The van der Waals surface area contributed by atoms with Crippen molar-refractivity contribution in [3.63, 3.8) is 0 Å². The highest BCUT2D eigenvalue weighted by Crippen LogP contribution is 2.34. The Bertz CT molecular complexity index is 923. The second kappa shape index (κ2) is 14.7. The molecule has 2 saturated carbocycles. The number of aromatic nitrogens is 4. The molecule has 4 aliphatic rings. The van der Waals surface area contributed by atoms with Crippen LogP contribution in [0.2, 0.25) is 0 Å². The molecule has 200 valence electrons. The van der Waals surface area contributed by atoms with Gasteiger partial charge in [-0.05, 0) is 109 Å². The fourth-order valence-electron chi connectivity index (χ4n) is 5.09. The minimum atomic E-state index is -0.211. The number of hydrogen-bond acceptors (Lipinski definition) is 6. The Morgan fingerprint density at radius 2 is 1.56 bits per heavy atom. The minimum Gasteiger partial charge on any atom is -0.502 e. The van der Waals surface area contributed by atoms with Gasteiger partial charge in [0.15, 0.2) is 6.29 Å². The van der Waals surface area contributed by atoms with Crippen LogP contribution in [0, 0.1) is 0 Å². The van der Waals surface area contributed by atoms with Crippen molar-refractivity contribution >= 4 is 31.9 Å². The molecule has 5 atom stereocenters. The number of nitrogens with zero attached hydrogens (tertiary/aromatic N) is 4. The van der Waals surface area contributed by atoms with Crippen molar-refractivity contribution in [1.82, 2.24) is 19.6 Å². The third-order valence-corrected chi connectivity index (χ3v) is 7.79. The molecule has 5 unspecified atom stereocenters. The van der Waals surface area contributed by atoms with Gasteiger partial charge in [0.25, 0.3) is 0 Å². The molecule has 36 heavy (non-hydrogen) atoms. The average Bonchev–Trinajstić information content (AvgIpc) is 3.71. The second-order valence-electron chi connectivity index (χ2n) is 9.70. The second-order valence-corrected chi connectivity index (χ2v) is 11.5. The van der Waals surface area contributed by atoms with Gasteiger partial charge in [-0.3, -0.25) is 9.36 Å². The molecule has 2 aliphatic heterocycles. The number of aliphatic hydroxyl groups excluding tert-OH is 1. The summed E-state index contributed by atoms with van der Waals surface area (Å²) in [5.41, 5.74) is 0. The molecule has 8 nitrogen and oxygen atoms in total. The topological polar surface area (TPSA) is 83.6 Å². The van der Waals surface area contributed by atoms with Crippen LogP contribution in [-0.2, 0) is 14.2 Å². The fraction of sp³-hybridized carbons (Fsp3) is 0.692. The Morgan fingerprint density at radius 3 is 2.06 bits per heavy atom. The minimum absolute atomic E-state index is 0.00310. The van der Waals surface area contributed by atoms with Crippen molar-refractivity contribution in [2.45, 2.75) is 101 Å². The maximum Gasteiger partial charge on any atom is 0.158 e. The van der Waals surface area contributed by atoms with E-state index in [1.165, 1.54) is 32.1 Å². The third-order valence-electron chi connectivity index (χ3n) is 6.97. The maximum atomic E-state index is 9.58. The van der Waals surface area contributed by atoms with E-state index in [1.54, 1.807) is 12.5 Å². The molecule has 2 aromatic heterocycles. The molecule has 10 heteroatoms. The average molecular weight is 630 g/mol. The van der Waals surface area contributed by atoms with Gasteiger partial charge >= 0.3 is 0 Å². The molecule has 2 aliphatic carbocycles. The zero-order valence-corrected chi connectivity index (χ0v) is 23.9. The van der Waals surface area contributed by atoms with Crippen LogP contribution in [0.4, 0.5) is 0 Å². The van der Waals surface area contributed by atoms with Gasteiger partial charge in [-0.25, -0.2) is 0 Å². The third kappa shape index (κ3) is 8.41. The Balaban J connectivity index is 0.000000145. The van der Waals surface area contributed by atoms with Crippen molar-refractivity contribution in [1.29, 1.82) is 0 Å². The van der Waals surface area contributed by atoms with Gasteiger partial charge in [-0.1, -0.05) is 0 Å². The largest absolute Gasteiger partial charge is 0.502 e. The molecular weight excluding hydrogens is 592 g/mol. The normalized spacial score (nSPS) is 29.6. The molecular formula is C26H38Br2N4O4. The summed E-state index contributed by atoms with van der Waals surface area (Å²) in [6.07, 6.45) is 23.7. The van der Waals surface area contributed by atoms with Crippen molar-refractivity contribution in [2.24, 2.45) is 0 Å². The van der Waals surface area contributed by atoms with E-state index in [2.05, 4.69) is 42.1 Å². The molecule has 2 aromatic rings. The van der Waals surface area contributed by atoms with E-state index in [0.29, 0.717) is 6.04 Å². The van der Waals surface area contributed by atoms with Gasteiger partial charge in [0, 0.05) is 19.0 Å². The predicted molar refractivity (Wildman–Crippen MR) is 144 cm³/mol. The van der Waals surface area contributed by atoms with Crippen molar-refractivity contribution in [3.8, 4) is 0 Å². The Morgan fingerprint density at radius 1 is 0.833 bits per heavy atom. The van der Waals surface area contributed by atoms with Gasteiger partial charge in [0.1, 0.15) is 0 Å². The summed E-state index contributed by atoms with van der Waals surface area (Å²) in [6, 6.07) is 0.554. The number of hydrogen-bond donors (Lipinski definition) is 1. The number of allylic oxidation sites excluding steroid dienone is 1. The van der Waals surface area contributed by atoms with Crippen LogP contribution in [0.1, 0.15) is 82.7 Å². The predicted octanol–water partition coefficient (Wildman–Crippen LogP) is 6.32. The lowest BCUT2D eigenvalue weighted by molar-refractivity contribution is -0.193. The number of halogens is 2. The van der Waals surface area contributed by atoms with E-state index >= 15 is 0 Å². The Kier molecular flexibility index (Phi) is 11.3. The zero-order valence-electron chi connectivity index (χ0n) is 20.8. The van der Waals surface area contributed by atoms with Crippen LogP contribution in [0.15, 0.2) is 46.1 Å². The van der Waals surface area contributed by atoms with E-state index in [-0.39, 0.29) is 24.5 Å². The van der Waals surface area contributed by atoms with Crippen LogP contribution in [0.5, 0.6) is 0 Å². The zero-order chi connectivity index (χ0) is 25.2. The highest BCUT2D eigenvalue weighted by molar-refractivity contribution is 9.10. The van der Waals surface area contributed by atoms with Crippen molar-refractivity contribution in [2.75, 3.05) is 13.2 Å². The lowest BCUT2D eigenvalue weighted by Gasteiger charge is -2.28. The number of rotatable bonds is 4.